The summed E-state index contributed by atoms with van der Waals surface area (Å²) in [5, 5.41) is 19.2. The van der Waals surface area contributed by atoms with Crippen LogP contribution in [-0.2, 0) is 0 Å². The summed E-state index contributed by atoms with van der Waals surface area (Å²) in [6, 6.07) is 8.20. The van der Waals surface area contributed by atoms with Crippen molar-refractivity contribution in [1.29, 1.82) is 5.26 Å². The van der Waals surface area contributed by atoms with Gasteiger partial charge in [-0.25, -0.2) is 4.79 Å². The van der Waals surface area contributed by atoms with E-state index in [9.17, 15) is 4.79 Å². The number of rotatable bonds is 4. The lowest BCUT2D eigenvalue weighted by Crippen LogP contribution is -1.92. The van der Waals surface area contributed by atoms with Crippen molar-refractivity contribution in [2.75, 3.05) is 7.11 Å². The van der Waals surface area contributed by atoms with Gasteiger partial charge in [0.1, 0.15) is 10.6 Å². The van der Waals surface area contributed by atoms with Crippen LogP contribution >= 0.6 is 11.3 Å². The summed E-state index contributed by atoms with van der Waals surface area (Å²) in [4.78, 5) is 11.0. The quantitative estimate of drug-likeness (QED) is 0.927. The SMILES string of the molecule is COc1cc(C#N)ccc1Oc1csc(C(=O)O)c1. The zero-order chi connectivity index (χ0) is 13.8. The maximum atomic E-state index is 10.8. The largest absolute Gasteiger partial charge is 0.493 e. The summed E-state index contributed by atoms with van der Waals surface area (Å²) in [5.41, 5.74) is 0.459. The van der Waals surface area contributed by atoms with Crippen LogP contribution in [0.2, 0.25) is 0 Å². The van der Waals surface area contributed by atoms with Gasteiger partial charge in [-0.15, -0.1) is 11.3 Å². The fourth-order valence-corrected chi connectivity index (χ4v) is 2.08. The zero-order valence-corrected chi connectivity index (χ0v) is 10.7. The van der Waals surface area contributed by atoms with E-state index in [0.29, 0.717) is 22.8 Å². The molecule has 19 heavy (non-hydrogen) atoms. The Morgan fingerprint density at radius 1 is 1.37 bits per heavy atom. The molecule has 0 spiro atoms. The predicted octanol–water partition coefficient (Wildman–Crippen LogP) is 3.12. The standard InChI is InChI=1S/C13H9NO4S/c1-17-11-4-8(6-14)2-3-10(11)18-9-5-12(13(15)16)19-7-9/h2-5,7H,1H3,(H,15,16). The number of carboxylic acid groups (broad SMARTS) is 1. The van der Waals surface area contributed by atoms with Crippen molar-refractivity contribution in [2.24, 2.45) is 0 Å². The van der Waals surface area contributed by atoms with Crippen molar-refractivity contribution >= 4 is 17.3 Å². The molecule has 0 aliphatic carbocycles. The van der Waals surface area contributed by atoms with E-state index < -0.39 is 5.97 Å². The number of methoxy groups -OCH3 is 1. The van der Waals surface area contributed by atoms with Gasteiger partial charge >= 0.3 is 5.97 Å². The normalized spacial score (nSPS) is 9.68. The van der Waals surface area contributed by atoms with E-state index in [1.165, 1.54) is 13.2 Å². The second kappa shape index (κ2) is 5.42. The highest BCUT2D eigenvalue weighted by Gasteiger charge is 2.11. The van der Waals surface area contributed by atoms with Crippen molar-refractivity contribution in [3.63, 3.8) is 0 Å². The van der Waals surface area contributed by atoms with Gasteiger partial charge in [0.25, 0.3) is 0 Å². The third kappa shape index (κ3) is 2.84. The van der Waals surface area contributed by atoms with Gasteiger partial charge in [-0.1, -0.05) is 0 Å². The molecule has 1 aromatic carbocycles. The molecule has 1 heterocycles. The highest BCUT2D eigenvalue weighted by molar-refractivity contribution is 7.12. The number of hydrogen-bond donors (Lipinski definition) is 1. The molecule has 2 rings (SSSR count). The number of nitrogens with zero attached hydrogens (tertiary/aromatic N) is 1. The lowest BCUT2D eigenvalue weighted by Gasteiger charge is -2.08. The molecular formula is C13H9NO4S. The minimum Gasteiger partial charge on any atom is -0.493 e. The molecule has 0 aliphatic rings. The number of carboxylic acids is 1. The minimum absolute atomic E-state index is 0.197. The number of hydrogen-bond acceptors (Lipinski definition) is 5. The first-order valence-electron chi connectivity index (χ1n) is 5.22. The van der Waals surface area contributed by atoms with E-state index >= 15 is 0 Å². The first-order valence-corrected chi connectivity index (χ1v) is 6.10. The summed E-state index contributed by atoms with van der Waals surface area (Å²) in [5.74, 6) is 0.274. The molecule has 0 saturated carbocycles. The first-order chi connectivity index (χ1) is 9.13. The van der Waals surface area contributed by atoms with Crippen LogP contribution in [-0.4, -0.2) is 18.2 Å². The first kappa shape index (κ1) is 12.9. The van der Waals surface area contributed by atoms with Crippen LogP contribution in [0.3, 0.4) is 0 Å². The molecule has 0 aliphatic heterocycles. The van der Waals surface area contributed by atoms with Gasteiger partial charge in [-0.05, 0) is 12.1 Å². The van der Waals surface area contributed by atoms with Crippen molar-refractivity contribution in [3.8, 4) is 23.3 Å². The summed E-state index contributed by atoms with van der Waals surface area (Å²) >= 11 is 1.08. The molecule has 96 valence electrons. The Bertz CT molecular complexity index is 657. The van der Waals surface area contributed by atoms with Gasteiger partial charge in [0.2, 0.25) is 0 Å². The topological polar surface area (TPSA) is 79.5 Å². The summed E-state index contributed by atoms with van der Waals surface area (Å²) < 4.78 is 10.7. The van der Waals surface area contributed by atoms with E-state index in [2.05, 4.69) is 0 Å². The van der Waals surface area contributed by atoms with Gasteiger partial charge in [0.15, 0.2) is 11.5 Å². The Morgan fingerprint density at radius 3 is 2.74 bits per heavy atom. The van der Waals surface area contributed by atoms with Gasteiger partial charge in [0, 0.05) is 17.5 Å². The maximum absolute atomic E-state index is 10.8. The maximum Gasteiger partial charge on any atom is 0.346 e. The van der Waals surface area contributed by atoms with Crippen molar-refractivity contribution in [3.05, 3.63) is 40.1 Å². The third-order valence-electron chi connectivity index (χ3n) is 2.31. The molecule has 0 unspecified atom stereocenters. The van der Waals surface area contributed by atoms with Crippen LogP contribution in [0.1, 0.15) is 15.2 Å². The van der Waals surface area contributed by atoms with Crippen LogP contribution in [0.5, 0.6) is 17.2 Å². The zero-order valence-electron chi connectivity index (χ0n) is 9.91. The van der Waals surface area contributed by atoms with Crippen molar-refractivity contribution < 1.29 is 19.4 Å². The molecule has 2 aromatic rings. The smallest absolute Gasteiger partial charge is 0.346 e. The van der Waals surface area contributed by atoms with Crippen LogP contribution in [0.4, 0.5) is 0 Å². The Labute approximate surface area is 113 Å². The number of carbonyl (C=O) groups is 1. The second-order valence-corrected chi connectivity index (χ2v) is 4.44. The minimum atomic E-state index is -0.994. The monoisotopic (exact) mass is 275 g/mol. The molecule has 5 nitrogen and oxygen atoms in total. The summed E-state index contributed by atoms with van der Waals surface area (Å²) in [6.07, 6.45) is 0. The number of thiophene rings is 1. The van der Waals surface area contributed by atoms with Crippen LogP contribution < -0.4 is 9.47 Å². The Hall–Kier alpha value is -2.52. The molecule has 0 amide bonds. The highest BCUT2D eigenvalue weighted by atomic mass is 32.1. The van der Waals surface area contributed by atoms with Crippen LogP contribution in [0, 0.1) is 11.3 Å². The Kier molecular flexibility index (Phi) is 3.68. The molecule has 0 atom stereocenters. The molecule has 0 radical (unpaired) electrons. The molecule has 0 saturated heterocycles. The molecular weight excluding hydrogens is 266 g/mol. The Balaban J connectivity index is 2.27. The fraction of sp³-hybridized carbons (Fsp3) is 0.0769. The lowest BCUT2D eigenvalue weighted by molar-refractivity contribution is 0.0702. The van der Waals surface area contributed by atoms with E-state index in [1.54, 1.807) is 23.6 Å². The predicted molar refractivity (Wildman–Crippen MR) is 69.1 cm³/mol. The molecule has 1 N–H and O–H groups in total. The summed E-state index contributed by atoms with van der Waals surface area (Å²) in [7, 11) is 1.47. The van der Waals surface area contributed by atoms with E-state index in [1.807, 2.05) is 6.07 Å². The number of nitriles is 1. The number of benzene rings is 1. The molecule has 0 fully saturated rings. The highest BCUT2D eigenvalue weighted by Crippen LogP contribution is 2.34. The average Bonchev–Trinajstić information content (AvgIpc) is 2.88. The van der Waals surface area contributed by atoms with Gasteiger partial charge < -0.3 is 14.6 Å². The van der Waals surface area contributed by atoms with Crippen LogP contribution in [0.25, 0.3) is 0 Å². The van der Waals surface area contributed by atoms with E-state index in [4.69, 9.17) is 19.8 Å². The van der Waals surface area contributed by atoms with E-state index in [0.717, 1.165) is 11.3 Å². The molecule has 1 aromatic heterocycles. The van der Waals surface area contributed by atoms with Gasteiger partial charge in [-0.3, -0.25) is 0 Å². The van der Waals surface area contributed by atoms with Gasteiger partial charge in [0.05, 0.1) is 18.7 Å². The van der Waals surface area contributed by atoms with Crippen LogP contribution in [0.15, 0.2) is 29.6 Å². The number of ether oxygens (including phenoxy) is 2. The summed E-state index contributed by atoms with van der Waals surface area (Å²) in [6.45, 7) is 0. The van der Waals surface area contributed by atoms with Crippen molar-refractivity contribution in [1.82, 2.24) is 0 Å². The van der Waals surface area contributed by atoms with Gasteiger partial charge in [-0.2, -0.15) is 5.26 Å². The number of aromatic carboxylic acids is 1. The average molecular weight is 275 g/mol. The third-order valence-corrected chi connectivity index (χ3v) is 3.20. The molecule has 0 bridgehead atoms. The van der Waals surface area contributed by atoms with E-state index in [-0.39, 0.29) is 4.88 Å². The molecule has 6 heteroatoms. The second-order valence-electron chi connectivity index (χ2n) is 3.53. The Morgan fingerprint density at radius 2 is 2.16 bits per heavy atom. The lowest BCUT2D eigenvalue weighted by atomic mass is 10.2. The van der Waals surface area contributed by atoms with Crippen molar-refractivity contribution in [2.45, 2.75) is 0 Å². The fourth-order valence-electron chi connectivity index (χ4n) is 1.43.